The van der Waals surface area contributed by atoms with Gasteiger partial charge in [-0.05, 0) is 42.5 Å². The van der Waals surface area contributed by atoms with Gasteiger partial charge in [0.25, 0.3) is 0 Å². The van der Waals surface area contributed by atoms with Crippen molar-refractivity contribution < 1.29 is 17.6 Å². The van der Waals surface area contributed by atoms with E-state index < -0.39 is 11.9 Å². The van der Waals surface area contributed by atoms with Gasteiger partial charge >= 0.3 is 6.18 Å². The molecule has 0 bridgehead atoms. The second-order valence-corrected chi connectivity index (χ2v) is 6.18. The van der Waals surface area contributed by atoms with Crippen molar-refractivity contribution in [3.63, 3.8) is 0 Å². The fraction of sp³-hybridized carbons (Fsp3) is 0.200. The summed E-state index contributed by atoms with van der Waals surface area (Å²) in [5.41, 5.74) is 4.03. The minimum absolute atomic E-state index is 0.0231. The van der Waals surface area contributed by atoms with Crippen LogP contribution in [0, 0.1) is 5.82 Å². The molecule has 2 N–H and O–H groups in total. The number of H-pyrrole nitrogens is 1. The van der Waals surface area contributed by atoms with E-state index in [9.17, 15) is 17.6 Å². The lowest BCUT2D eigenvalue weighted by molar-refractivity contribution is -0.141. The zero-order valence-corrected chi connectivity index (χ0v) is 14.8. The van der Waals surface area contributed by atoms with Crippen molar-refractivity contribution in [2.24, 2.45) is 5.10 Å². The first kappa shape index (κ1) is 19.6. The van der Waals surface area contributed by atoms with Crippen molar-refractivity contribution in [3.8, 4) is 0 Å². The highest BCUT2D eigenvalue weighted by molar-refractivity contribution is 6.00. The summed E-state index contributed by atoms with van der Waals surface area (Å²) in [6.45, 7) is 0. The van der Waals surface area contributed by atoms with Crippen molar-refractivity contribution in [1.29, 1.82) is 0 Å². The number of hydrogen-bond donors (Lipinski definition) is 2. The van der Waals surface area contributed by atoms with E-state index in [0.29, 0.717) is 17.7 Å². The van der Waals surface area contributed by atoms with Gasteiger partial charge in [0.1, 0.15) is 11.6 Å². The summed E-state index contributed by atoms with van der Waals surface area (Å²) in [5, 5.41) is 9.71. The minimum atomic E-state index is -4.53. The first-order valence-electron chi connectivity index (χ1n) is 8.67. The number of hydrogen-bond acceptors (Lipinski definition) is 3. The molecule has 8 heteroatoms. The van der Waals surface area contributed by atoms with Gasteiger partial charge in [-0.2, -0.15) is 23.4 Å². The molecule has 146 valence electrons. The standard InChI is InChI=1S/C20H18F4N4/c21-16-11-9-15(10-12-16)17(8-4-7-14-5-2-1-3-6-14)25-27-19-13-18(26-28-19)20(22,23)24/h1-3,5-6,9-13H,4,7-8H2,(H2,26,27,28)/b25-17-. The number of nitrogens with zero attached hydrogens (tertiary/aromatic N) is 2. The highest BCUT2D eigenvalue weighted by atomic mass is 19.4. The lowest BCUT2D eigenvalue weighted by atomic mass is 10.0. The molecule has 0 aliphatic heterocycles. The van der Waals surface area contributed by atoms with E-state index in [1.165, 1.54) is 17.7 Å². The molecule has 0 unspecified atom stereocenters. The van der Waals surface area contributed by atoms with Gasteiger partial charge in [-0.25, -0.2) is 4.39 Å². The van der Waals surface area contributed by atoms with E-state index in [4.69, 9.17) is 0 Å². The Kier molecular flexibility index (Phi) is 6.08. The molecule has 0 radical (unpaired) electrons. The number of anilines is 1. The summed E-state index contributed by atoms with van der Waals surface area (Å²) in [6.07, 6.45) is -2.37. The van der Waals surface area contributed by atoms with Crippen LogP contribution in [0.15, 0.2) is 65.8 Å². The van der Waals surface area contributed by atoms with E-state index in [1.54, 1.807) is 12.1 Å². The van der Waals surface area contributed by atoms with Crippen molar-refractivity contribution in [1.82, 2.24) is 10.2 Å². The molecular formula is C20H18F4N4. The Bertz CT molecular complexity index is 915. The van der Waals surface area contributed by atoms with Gasteiger partial charge in [0.2, 0.25) is 0 Å². The van der Waals surface area contributed by atoms with Gasteiger partial charge in [-0.3, -0.25) is 10.5 Å². The maximum atomic E-state index is 13.2. The van der Waals surface area contributed by atoms with Crippen molar-refractivity contribution in [2.45, 2.75) is 25.4 Å². The molecule has 0 spiro atoms. The van der Waals surface area contributed by atoms with Gasteiger partial charge in [0, 0.05) is 6.07 Å². The smallest absolute Gasteiger partial charge is 0.261 e. The highest BCUT2D eigenvalue weighted by Crippen LogP contribution is 2.28. The molecule has 28 heavy (non-hydrogen) atoms. The lowest BCUT2D eigenvalue weighted by Gasteiger charge is -2.08. The maximum absolute atomic E-state index is 13.2. The number of rotatable bonds is 7. The van der Waals surface area contributed by atoms with Gasteiger partial charge in [-0.15, -0.1) is 0 Å². The Balaban J connectivity index is 1.72. The van der Waals surface area contributed by atoms with Gasteiger partial charge in [0.05, 0.1) is 5.71 Å². The van der Waals surface area contributed by atoms with Crippen molar-refractivity contribution in [2.75, 3.05) is 5.43 Å². The third-order valence-electron chi connectivity index (χ3n) is 4.08. The average molecular weight is 390 g/mol. The van der Waals surface area contributed by atoms with Crippen LogP contribution in [0.1, 0.15) is 29.7 Å². The summed E-state index contributed by atoms with van der Waals surface area (Å²) in [4.78, 5) is 0. The molecule has 0 aliphatic carbocycles. The zero-order chi connectivity index (χ0) is 20.0. The second kappa shape index (κ2) is 8.69. The number of nitrogens with one attached hydrogen (secondary N) is 2. The monoisotopic (exact) mass is 390 g/mol. The van der Waals surface area contributed by atoms with E-state index in [1.807, 2.05) is 30.3 Å². The maximum Gasteiger partial charge on any atom is 0.435 e. The second-order valence-electron chi connectivity index (χ2n) is 6.18. The minimum Gasteiger partial charge on any atom is -0.261 e. The molecule has 0 saturated carbocycles. The molecular weight excluding hydrogens is 372 g/mol. The van der Waals surface area contributed by atoms with E-state index in [-0.39, 0.29) is 11.6 Å². The predicted octanol–water partition coefficient (Wildman–Crippen LogP) is 5.41. The molecule has 4 nitrogen and oxygen atoms in total. The summed E-state index contributed by atoms with van der Waals surface area (Å²) < 4.78 is 51.2. The van der Waals surface area contributed by atoms with Crippen LogP contribution in [0.25, 0.3) is 0 Å². The van der Waals surface area contributed by atoms with E-state index >= 15 is 0 Å². The molecule has 0 atom stereocenters. The fourth-order valence-electron chi connectivity index (χ4n) is 2.66. The Labute approximate surface area is 159 Å². The van der Waals surface area contributed by atoms with Crippen molar-refractivity contribution in [3.05, 3.63) is 83.3 Å². The average Bonchev–Trinajstić information content (AvgIpc) is 3.16. The zero-order valence-electron chi connectivity index (χ0n) is 14.8. The summed E-state index contributed by atoms with van der Waals surface area (Å²) in [7, 11) is 0. The molecule has 0 fully saturated rings. The largest absolute Gasteiger partial charge is 0.435 e. The van der Waals surface area contributed by atoms with Crippen LogP contribution in [0.2, 0.25) is 0 Å². The van der Waals surface area contributed by atoms with Gasteiger partial charge in [-0.1, -0.05) is 42.5 Å². The first-order chi connectivity index (χ1) is 13.4. The Morgan fingerprint density at radius 3 is 2.39 bits per heavy atom. The number of aromatic nitrogens is 2. The normalized spacial score (nSPS) is 12.2. The Morgan fingerprint density at radius 1 is 1.04 bits per heavy atom. The van der Waals surface area contributed by atoms with Crippen LogP contribution in [0.4, 0.5) is 23.4 Å². The number of alkyl halides is 3. The summed E-state index contributed by atoms with van der Waals surface area (Å²) >= 11 is 0. The van der Waals surface area contributed by atoms with Crippen LogP contribution in [-0.2, 0) is 12.6 Å². The SMILES string of the molecule is Fc1ccc(/C(CCCc2ccccc2)=N\Nc2cc(C(F)(F)F)n[nH]2)cc1. The molecule has 3 rings (SSSR count). The molecule has 0 aliphatic rings. The van der Waals surface area contributed by atoms with Crippen LogP contribution in [0.5, 0.6) is 0 Å². The summed E-state index contributed by atoms with van der Waals surface area (Å²) in [6, 6.07) is 16.6. The van der Waals surface area contributed by atoms with Crippen molar-refractivity contribution >= 4 is 11.5 Å². The molecule has 2 aromatic carbocycles. The van der Waals surface area contributed by atoms with E-state index in [0.717, 1.165) is 18.9 Å². The number of benzene rings is 2. The van der Waals surface area contributed by atoms with Gasteiger partial charge in [0.15, 0.2) is 5.69 Å². The number of halogens is 4. The molecule has 0 saturated heterocycles. The Morgan fingerprint density at radius 2 is 1.75 bits per heavy atom. The fourth-order valence-corrected chi connectivity index (χ4v) is 2.66. The molecule has 0 amide bonds. The number of hydrazone groups is 1. The first-order valence-corrected chi connectivity index (χ1v) is 8.67. The third-order valence-corrected chi connectivity index (χ3v) is 4.08. The van der Waals surface area contributed by atoms with Crippen LogP contribution < -0.4 is 5.43 Å². The molecule has 3 aromatic rings. The van der Waals surface area contributed by atoms with E-state index in [2.05, 4.69) is 20.7 Å². The Hall–Kier alpha value is -3.16. The topological polar surface area (TPSA) is 53.1 Å². The summed E-state index contributed by atoms with van der Waals surface area (Å²) in [5.74, 6) is -0.348. The molecule has 1 heterocycles. The van der Waals surface area contributed by atoms with Crippen LogP contribution in [-0.4, -0.2) is 15.9 Å². The van der Waals surface area contributed by atoms with Crippen LogP contribution >= 0.6 is 0 Å². The third kappa shape index (κ3) is 5.42. The lowest BCUT2D eigenvalue weighted by Crippen LogP contribution is -2.06. The number of aromatic amines is 1. The quantitative estimate of drug-likeness (QED) is 0.322. The predicted molar refractivity (Wildman–Crippen MR) is 99.5 cm³/mol. The highest BCUT2D eigenvalue weighted by Gasteiger charge is 2.33. The molecule has 1 aromatic heterocycles. The van der Waals surface area contributed by atoms with Crippen LogP contribution in [0.3, 0.4) is 0 Å². The number of aryl methyl sites for hydroxylation is 1. The van der Waals surface area contributed by atoms with Gasteiger partial charge < -0.3 is 0 Å².